The number of nitrogens with zero attached hydrogens (tertiary/aromatic N) is 1. The predicted octanol–water partition coefficient (Wildman–Crippen LogP) is 5.46. The number of halogens is 2. The zero-order valence-electron chi connectivity index (χ0n) is 15.8. The van der Waals surface area contributed by atoms with Crippen molar-refractivity contribution >= 4 is 12.4 Å². The van der Waals surface area contributed by atoms with Gasteiger partial charge in [0.15, 0.2) is 0 Å². The van der Waals surface area contributed by atoms with Crippen LogP contribution in [0.15, 0.2) is 42.5 Å². The minimum atomic E-state index is -0.137. The summed E-state index contributed by atoms with van der Waals surface area (Å²) in [4.78, 5) is 5.55. The summed E-state index contributed by atoms with van der Waals surface area (Å²) in [5, 5.41) is 1.97. The second-order valence-corrected chi connectivity index (χ2v) is 6.67. The Labute approximate surface area is 157 Å². The summed E-state index contributed by atoms with van der Waals surface area (Å²) in [5.41, 5.74) is 4.54. The van der Waals surface area contributed by atoms with Crippen molar-refractivity contribution < 1.29 is 9.23 Å². The molecule has 2 aromatic carbocycles. The van der Waals surface area contributed by atoms with Gasteiger partial charge in [-0.1, -0.05) is 36.4 Å². The summed E-state index contributed by atoms with van der Waals surface area (Å²) in [6, 6.07) is 13.6. The van der Waals surface area contributed by atoms with E-state index in [0.717, 1.165) is 12.1 Å². The van der Waals surface area contributed by atoms with E-state index < -0.39 is 0 Å². The summed E-state index contributed by atoms with van der Waals surface area (Å²) >= 11 is 0. The van der Waals surface area contributed by atoms with Gasteiger partial charge in [0.1, 0.15) is 5.82 Å². The number of hydrogen-bond acceptors (Lipinski definition) is 2. The SMILES string of the molecule is CON(CC(Cc1ccccc1F)c1c(C)cccc1C)C(C)C.Cl. The maximum absolute atomic E-state index is 14.2. The first kappa shape index (κ1) is 21.6. The third-order valence-electron chi connectivity index (χ3n) is 4.59. The molecule has 0 amide bonds. The number of hydrogen-bond donors (Lipinski definition) is 0. The first-order valence-corrected chi connectivity index (χ1v) is 8.54. The van der Waals surface area contributed by atoms with Gasteiger partial charge < -0.3 is 4.84 Å². The number of aryl methyl sites for hydroxylation is 2. The van der Waals surface area contributed by atoms with E-state index in [2.05, 4.69) is 45.9 Å². The fourth-order valence-corrected chi connectivity index (χ4v) is 3.37. The summed E-state index contributed by atoms with van der Waals surface area (Å²) < 4.78 is 14.2. The molecule has 0 aliphatic carbocycles. The van der Waals surface area contributed by atoms with Crippen LogP contribution in [0.2, 0.25) is 0 Å². The molecule has 1 unspecified atom stereocenters. The minimum Gasteiger partial charge on any atom is -0.302 e. The third-order valence-corrected chi connectivity index (χ3v) is 4.59. The lowest BCUT2D eigenvalue weighted by Crippen LogP contribution is -2.34. The Kier molecular flexibility index (Phi) is 8.57. The van der Waals surface area contributed by atoms with Crippen molar-refractivity contribution in [1.82, 2.24) is 5.06 Å². The van der Waals surface area contributed by atoms with Crippen LogP contribution in [0.4, 0.5) is 4.39 Å². The van der Waals surface area contributed by atoms with E-state index in [0.29, 0.717) is 6.42 Å². The number of benzene rings is 2. The highest BCUT2D eigenvalue weighted by Crippen LogP contribution is 2.29. The molecule has 2 nitrogen and oxygen atoms in total. The molecule has 2 aromatic rings. The highest BCUT2D eigenvalue weighted by atomic mass is 35.5. The maximum atomic E-state index is 14.2. The Hall–Kier alpha value is -1.42. The van der Waals surface area contributed by atoms with Gasteiger partial charge in [0.25, 0.3) is 0 Å². The van der Waals surface area contributed by atoms with Crippen molar-refractivity contribution in [2.45, 2.75) is 46.1 Å². The Morgan fingerprint density at radius 1 is 1.00 bits per heavy atom. The Morgan fingerprint density at radius 2 is 1.60 bits per heavy atom. The lowest BCUT2D eigenvalue weighted by molar-refractivity contribution is -0.156. The van der Waals surface area contributed by atoms with Crippen LogP contribution in [-0.2, 0) is 11.3 Å². The molecule has 0 spiro atoms. The average Bonchev–Trinajstić information content (AvgIpc) is 2.53. The Morgan fingerprint density at radius 3 is 2.12 bits per heavy atom. The van der Waals surface area contributed by atoms with E-state index >= 15 is 0 Å². The van der Waals surface area contributed by atoms with Crippen LogP contribution in [0.3, 0.4) is 0 Å². The van der Waals surface area contributed by atoms with E-state index in [-0.39, 0.29) is 30.2 Å². The summed E-state index contributed by atoms with van der Waals surface area (Å²) in [6.07, 6.45) is 0.658. The first-order chi connectivity index (χ1) is 11.4. The van der Waals surface area contributed by atoms with Crippen LogP contribution in [-0.4, -0.2) is 24.8 Å². The Bertz CT molecular complexity index is 654. The Balaban J connectivity index is 0.00000312. The van der Waals surface area contributed by atoms with Gasteiger partial charge >= 0.3 is 0 Å². The van der Waals surface area contributed by atoms with Crippen molar-refractivity contribution in [2.75, 3.05) is 13.7 Å². The average molecular weight is 366 g/mol. The maximum Gasteiger partial charge on any atom is 0.126 e. The van der Waals surface area contributed by atoms with Gasteiger partial charge in [0, 0.05) is 18.5 Å². The van der Waals surface area contributed by atoms with E-state index in [1.165, 1.54) is 22.8 Å². The molecule has 0 saturated carbocycles. The lowest BCUT2D eigenvalue weighted by Gasteiger charge is -2.30. The molecule has 0 aliphatic heterocycles. The molecule has 25 heavy (non-hydrogen) atoms. The minimum absolute atomic E-state index is 0. The van der Waals surface area contributed by atoms with Crippen LogP contribution in [0, 0.1) is 19.7 Å². The van der Waals surface area contributed by atoms with Gasteiger partial charge in [-0.3, -0.25) is 0 Å². The molecule has 0 aliphatic rings. The van der Waals surface area contributed by atoms with Crippen molar-refractivity contribution in [3.8, 4) is 0 Å². The molecule has 0 N–H and O–H groups in total. The van der Waals surface area contributed by atoms with Crippen molar-refractivity contribution in [2.24, 2.45) is 0 Å². The van der Waals surface area contributed by atoms with Crippen LogP contribution in [0.1, 0.15) is 42.0 Å². The molecule has 0 heterocycles. The van der Waals surface area contributed by atoms with E-state index in [1.54, 1.807) is 13.2 Å². The standard InChI is InChI=1S/C21H28FNO.ClH/c1-15(2)23(24-5)14-19(13-18-11-6-7-12-20(18)22)21-16(3)9-8-10-17(21)4;/h6-12,15,19H,13-14H2,1-5H3;1H. The zero-order valence-corrected chi connectivity index (χ0v) is 16.6. The predicted molar refractivity (Wildman–Crippen MR) is 105 cm³/mol. The number of hydroxylamine groups is 2. The zero-order chi connectivity index (χ0) is 17.7. The molecule has 0 radical (unpaired) electrons. The van der Waals surface area contributed by atoms with Gasteiger partial charge in [-0.15, -0.1) is 12.4 Å². The first-order valence-electron chi connectivity index (χ1n) is 8.54. The lowest BCUT2D eigenvalue weighted by atomic mass is 9.86. The fraction of sp³-hybridized carbons (Fsp3) is 0.429. The quantitative estimate of drug-likeness (QED) is 0.604. The van der Waals surface area contributed by atoms with Gasteiger partial charge in [0.05, 0.1) is 7.11 Å². The van der Waals surface area contributed by atoms with Gasteiger partial charge in [-0.25, -0.2) is 4.39 Å². The normalized spacial score (nSPS) is 12.3. The third kappa shape index (κ3) is 5.53. The van der Waals surface area contributed by atoms with Crippen molar-refractivity contribution in [1.29, 1.82) is 0 Å². The fourth-order valence-electron chi connectivity index (χ4n) is 3.37. The molecule has 2 rings (SSSR count). The van der Waals surface area contributed by atoms with Gasteiger partial charge in [-0.2, -0.15) is 5.06 Å². The second-order valence-electron chi connectivity index (χ2n) is 6.67. The molecule has 0 fully saturated rings. The van der Waals surface area contributed by atoms with Gasteiger partial charge in [-0.05, 0) is 62.4 Å². The summed E-state index contributed by atoms with van der Waals surface area (Å²) in [7, 11) is 1.70. The molecule has 0 bridgehead atoms. The topological polar surface area (TPSA) is 12.5 Å². The molecule has 138 valence electrons. The highest BCUT2D eigenvalue weighted by Gasteiger charge is 2.22. The van der Waals surface area contributed by atoms with E-state index in [1.807, 2.05) is 17.2 Å². The summed E-state index contributed by atoms with van der Waals surface area (Å²) in [5.74, 6) is 0.0349. The molecular weight excluding hydrogens is 337 g/mol. The highest BCUT2D eigenvalue weighted by molar-refractivity contribution is 5.85. The smallest absolute Gasteiger partial charge is 0.126 e. The van der Waals surface area contributed by atoms with E-state index in [4.69, 9.17) is 4.84 Å². The molecule has 1 atom stereocenters. The van der Waals surface area contributed by atoms with Crippen LogP contribution < -0.4 is 0 Å². The second kappa shape index (κ2) is 9.91. The molecular formula is C21H29ClFNO. The molecule has 0 aromatic heterocycles. The van der Waals surface area contributed by atoms with Crippen LogP contribution >= 0.6 is 12.4 Å². The molecule has 4 heteroatoms. The monoisotopic (exact) mass is 365 g/mol. The van der Waals surface area contributed by atoms with Crippen LogP contribution in [0.5, 0.6) is 0 Å². The summed E-state index contributed by atoms with van der Waals surface area (Å²) in [6.45, 7) is 9.20. The van der Waals surface area contributed by atoms with E-state index in [9.17, 15) is 4.39 Å². The molecule has 0 saturated heterocycles. The van der Waals surface area contributed by atoms with Gasteiger partial charge in [0.2, 0.25) is 0 Å². The van der Waals surface area contributed by atoms with Crippen LogP contribution in [0.25, 0.3) is 0 Å². The van der Waals surface area contributed by atoms with Crippen molar-refractivity contribution in [3.05, 3.63) is 70.5 Å². The van der Waals surface area contributed by atoms with Crippen molar-refractivity contribution in [3.63, 3.8) is 0 Å². The largest absolute Gasteiger partial charge is 0.302 e. The number of rotatable bonds is 7.